The number of aryl methyl sites for hydroxylation is 1. The van der Waals surface area contributed by atoms with E-state index in [1.165, 1.54) is 0 Å². The molecule has 0 radical (unpaired) electrons. The Morgan fingerprint density at radius 1 is 1.53 bits per heavy atom. The predicted molar refractivity (Wildman–Crippen MR) is 62.4 cm³/mol. The Bertz CT molecular complexity index is 546. The van der Waals surface area contributed by atoms with Gasteiger partial charge in [-0.05, 0) is 18.1 Å². The normalized spacial score (nSPS) is 12.8. The van der Waals surface area contributed by atoms with Gasteiger partial charge in [0.2, 0.25) is 6.54 Å². The van der Waals surface area contributed by atoms with Crippen LogP contribution in [0.1, 0.15) is 24.4 Å². The number of para-hydroxylation sites is 1. The van der Waals surface area contributed by atoms with E-state index < -0.39 is 17.6 Å². The smallest absolute Gasteiger partial charge is 0.236 e. The summed E-state index contributed by atoms with van der Waals surface area (Å²) in [6, 6.07) is 7.36. The molecule has 0 saturated heterocycles. The van der Waals surface area contributed by atoms with Crippen LogP contribution in [0.15, 0.2) is 28.7 Å². The van der Waals surface area contributed by atoms with Gasteiger partial charge in [0.05, 0.1) is 0 Å². The maximum absolute atomic E-state index is 10.3. The molecule has 1 N–H and O–H groups in total. The summed E-state index contributed by atoms with van der Waals surface area (Å²) in [6.07, 6.45) is -0.377. The minimum absolute atomic E-state index is 0.248. The van der Waals surface area contributed by atoms with Gasteiger partial charge in [0, 0.05) is 10.3 Å². The third-order valence-corrected chi connectivity index (χ3v) is 2.68. The average molecular weight is 235 g/mol. The number of benzene rings is 1. The van der Waals surface area contributed by atoms with Crippen LogP contribution in [-0.2, 0) is 6.42 Å². The minimum Gasteiger partial charge on any atom is -0.458 e. The van der Waals surface area contributed by atoms with Crippen molar-refractivity contribution in [3.8, 4) is 0 Å². The summed E-state index contributed by atoms with van der Waals surface area (Å²) in [5.41, 5.74) is 1.73. The fourth-order valence-electron chi connectivity index (χ4n) is 1.82. The molecule has 0 bridgehead atoms. The highest BCUT2D eigenvalue weighted by Gasteiger charge is 2.19. The highest BCUT2D eigenvalue weighted by molar-refractivity contribution is 5.81. The van der Waals surface area contributed by atoms with Crippen LogP contribution >= 0.6 is 0 Å². The van der Waals surface area contributed by atoms with Crippen LogP contribution < -0.4 is 0 Å². The fourth-order valence-corrected chi connectivity index (χ4v) is 1.82. The lowest BCUT2D eigenvalue weighted by Crippen LogP contribution is -2.10. The largest absolute Gasteiger partial charge is 0.458 e. The summed E-state index contributed by atoms with van der Waals surface area (Å²) in [7, 11) is 0. The molecule has 1 aromatic heterocycles. The zero-order valence-electron chi connectivity index (χ0n) is 9.42. The number of hydrogen-bond donors (Lipinski definition) is 1. The fraction of sp³-hybridized carbons (Fsp3) is 0.333. The Hall–Kier alpha value is -1.88. The molecule has 0 fully saturated rings. The van der Waals surface area contributed by atoms with E-state index in [4.69, 9.17) is 4.42 Å². The van der Waals surface area contributed by atoms with Crippen molar-refractivity contribution in [1.29, 1.82) is 0 Å². The van der Waals surface area contributed by atoms with Gasteiger partial charge in [-0.2, -0.15) is 0 Å². The highest BCUT2D eigenvalue weighted by atomic mass is 16.6. The molecule has 0 saturated carbocycles. The molecule has 2 rings (SSSR count). The molecule has 5 heteroatoms. The van der Waals surface area contributed by atoms with Gasteiger partial charge < -0.3 is 9.52 Å². The second-order valence-corrected chi connectivity index (χ2v) is 3.87. The van der Waals surface area contributed by atoms with Crippen molar-refractivity contribution in [1.82, 2.24) is 0 Å². The van der Waals surface area contributed by atoms with E-state index in [2.05, 4.69) is 0 Å². The van der Waals surface area contributed by atoms with E-state index in [0.717, 1.165) is 17.4 Å². The lowest BCUT2D eigenvalue weighted by molar-refractivity contribution is -0.492. The van der Waals surface area contributed by atoms with E-state index in [1.54, 1.807) is 6.07 Å². The van der Waals surface area contributed by atoms with Crippen molar-refractivity contribution in [2.24, 2.45) is 0 Å². The van der Waals surface area contributed by atoms with E-state index >= 15 is 0 Å². The Morgan fingerprint density at radius 2 is 2.29 bits per heavy atom. The molecule has 0 spiro atoms. The molecule has 0 aliphatic carbocycles. The first-order valence-corrected chi connectivity index (χ1v) is 5.43. The molecule has 0 amide bonds. The van der Waals surface area contributed by atoms with Crippen LogP contribution in [0.4, 0.5) is 0 Å². The van der Waals surface area contributed by atoms with Crippen LogP contribution in [0.5, 0.6) is 0 Å². The maximum atomic E-state index is 10.3. The van der Waals surface area contributed by atoms with E-state index in [-0.39, 0.29) is 5.76 Å². The van der Waals surface area contributed by atoms with Crippen LogP contribution in [0, 0.1) is 10.1 Å². The SMILES string of the molecule is CCc1cccc2cc([C@@H](O)C[N+](=O)[O-])oc12. The Morgan fingerprint density at radius 3 is 2.94 bits per heavy atom. The van der Waals surface area contributed by atoms with Crippen molar-refractivity contribution in [3.05, 3.63) is 45.7 Å². The van der Waals surface area contributed by atoms with Crippen LogP contribution in [-0.4, -0.2) is 16.6 Å². The summed E-state index contributed by atoms with van der Waals surface area (Å²) >= 11 is 0. The molecule has 0 aliphatic rings. The van der Waals surface area contributed by atoms with Gasteiger partial charge in [-0.15, -0.1) is 0 Å². The Kier molecular flexibility index (Phi) is 3.10. The molecular weight excluding hydrogens is 222 g/mol. The molecule has 1 atom stereocenters. The number of furan rings is 1. The molecule has 1 heterocycles. The van der Waals surface area contributed by atoms with Crippen LogP contribution in [0.25, 0.3) is 11.0 Å². The molecule has 1 aromatic carbocycles. The Balaban J connectivity index is 2.40. The second-order valence-electron chi connectivity index (χ2n) is 3.87. The first-order valence-electron chi connectivity index (χ1n) is 5.43. The monoisotopic (exact) mass is 235 g/mol. The summed E-state index contributed by atoms with van der Waals surface area (Å²) in [5.74, 6) is 0.248. The van der Waals surface area contributed by atoms with Crippen molar-refractivity contribution >= 4 is 11.0 Å². The molecule has 5 nitrogen and oxygen atoms in total. The lowest BCUT2D eigenvalue weighted by Gasteiger charge is -2.01. The van der Waals surface area contributed by atoms with Crippen molar-refractivity contribution in [2.45, 2.75) is 19.4 Å². The van der Waals surface area contributed by atoms with Crippen molar-refractivity contribution < 1.29 is 14.4 Å². The summed E-state index contributed by atoms with van der Waals surface area (Å²) in [4.78, 5) is 9.77. The van der Waals surface area contributed by atoms with Crippen molar-refractivity contribution in [3.63, 3.8) is 0 Å². The topological polar surface area (TPSA) is 76.5 Å². The molecule has 2 aromatic rings. The zero-order valence-corrected chi connectivity index (χ0v) is 9.42. The quantitative estimate of drug-likeness (QED) is 0.651. The number of hydrogen-bond acceptors (Lipinski definition) is 4. The number of aliphatic hydroxyl groups is 1. The first kappa shape index (κ1) is 11.6. The van der Waals surface area contributed by atoms with Gasteiger partial charge in [-0.3, -0.25) is 10.1 Å². The van der Waals surface area contributed by atoms with Gasteiger partial charge in [-0.25, -0.2) is 0 Å². The number of rotatable bonds is 4. The minimum atomic E-state index is -1.19. The first-order chi connectivity index (χ1) is 8.11. The average Bonchev–Trinajstić information content (AvgIpc) is 2.71. The molecule has 90 valence electrons. The van der Waals surface area contributed by atoms with Crippen LogP contribution in [0.3, 0.4) is 0 Å². The molecule has 0 unspecified atom stereocenters. The third-order valence-electron chi connectivity index (χ3n) is 2.68. The predicted octanol–water partition coefficient (Wildman–Crippen LogP) is 2.31. The zero-order chi connectivity index (χ0) is 12.4. The van der Waals surface area contributed by atoms with Gasteiger partial charge >= 0.3 is 0 Å². The Labute approximate surface area is 97.8 Å². The number of nitrogens with zero attached hydrogens (tertiary/aromatic N) is 1. The number of fused-ring (bicyclic) bond motifs is 1. The molecule has 17 heavy (non-hydrogen) atoms. The summed E-state index contributed by atoms with van der Waals surface area (Å²) in [5, 5.41) is 20.8. The number of nitro groups is 1. The van der Waals surface area contributed by atoms with E-state index in [9.17, 15) is 15.2 Å². The van der Waals surface area contributed by atoms with Crippen LogP contribution in [0.2, 0.25) is 0 Å². The molecule has 0 aliphatic heterocycles. The van der Waals surface area contributed by atoms with Gasteiger partial charge in [0.15, 0.2) is 6.10 Å². The standard InChI is InChI=1S/C12H13NO4/c1-2-8-4-3-5-9-6-11(17-12(8)9)10(14)7-13(15)16/h3-6,10,14H,2,7H2,1H3/t10-/m0/s1. The van der Waals surface area contributed by atoms with Gasteiger partial charge in [0.1, 0.15) is 11.3 Å². The second kappa shape index (κ2) is 4.55. The van der Waals surface area contributed by atoms with E-state index in [0.29, 0.717) is 5.58 Å². The molecular formula is C12H13NO4. The number of aliphatic hydroxyl groups excluding tert-OH is 1. The lowest BCUT2D eigenvalue weighted by atomic mass is 10.1. The highest BCUT2D eigenvalue weighted by Crippen LogP contribution is 2.27. The van der Waals surface area contributed by atoms with Gasteiger partial charge in [-0.1, -0.05) is 25.1 Å². The summed E-state index contributed by atoms with van der Waals surface area (Å²) in [6.45, 7) is 1.46. The van der Waals surface area contributed by atoms with E-state index in [1.807, 2.05) is 25.1 Å². The third kappa shape index (κ3) is 2.29. The van der Waals surface area contributed by atoms with Crippen molar-refractivity contribution in [2.75, 3.05) is 6.54 Å². The summed E-state index contributed by atoms with van der Waals surface area (Å²) < 4.78 is 5.50. The maximum Gasteiger partial charge on any atom is 0.236 e. The van der Waals surface area contributed by atoms with Gasteiger partial charge in [0.25, 0.3) is 0 Å².